The minimum atomic E-state index is 0.00662. The Morgan fingerprint density at radius 2 is 1.64 bits per heavy atom. The normalized spacial score (nSPS) is 10.3. The molecule has 0 amide bonds. The summed E-state index contributed by atoms with van der Waals surface area (Å²) in [4.78, 5) is 8.57. The van der Waals surface area contributed by atoms with E-state index >= 15 is 0 Å². The van der Waals surface area contributed by atoms with Crippen molar-refractivity contribution in [2.24, 2.45) is 0 Å². The standard InChI is InChI=1S/C19H18BrN3O5/c1-25-15-8-11(9-16(26-2)17(15)27-3)22-19-21-10-12(20)18(23-19)28-14-7-5-4-6-13(14)24/h4-10,24H,1-3H3,(H,21,22,23). The summed E-state index contributed by atoms with van der Waals surface area (Å²) in [6, 6.07) is 10.1. The van der Waals surface area contributed by atoms with Crippen molar-refractivity contribution in [1.29, 1.82) is 0 Å². The molecule has 0 spiro atoms. The largest absolute Gasteiger partial charge is 0.504 e. The van der Waals surface area contributed by atoms with Crippen molar-refractivity contribution in [3.63, 3.8) is 0 Å². The van der Waals surface area contributed by atoms with Gasteiger partial charge in [0.15, 0.2) is 23.0 Å². The van der Waals surface area contributed by atoms with Crippen LogP contribution in [-0.2, 0) is 0 Å². The van der Waals surface area contributed by atoms with Crippen molar-refractivity contribution in [2.45, 2.75) is 0 Å². The molecule has 146 valence electrons. The SMILES string of the molecule is COc1cc(Nc2ncc(Br)c(Oc3ccccc3O)n2)cc(OC)c1OC. The summed E-state index contributed by atoms with van der Waals surface area (Å²) in [5, 5.41) is 13.0. The highest BCUT2D eigenvalue weighted by molar-refractivity contribution is 9.10. The fraction of sp³-hybridized carbons (Fsp3) is 0.158. The predicted octanol–water partition coefficient (Wildman–Crippen LogP) is 4.51. The van der Waals surface area contributed by atoms with E-state index in [1.165, 1.54) is 27.4 Å². The van der Waals surface area contributed by atoms with Gasteiger partial charge in [-0.05, 0) is 28.1 Å². The molecule has 0 bridgehead atoms. The Labute approximate surface area is 170 Å². The Balaban J connectivity index is 1.90. The van der Waals surface area contributed by atoms with E-state index in [2.05, 4.69) is 31.2 Å². The molecule has 8 nitrogen and oxygen atoms in total. The number of ether oxygens (including phenoxy) is 4. The van der Waals surface area contributed by atoms with Crippen molar-refractivity contribution in [3.8, 4) is 34.6 Å². The summed E-state index contributed by atoms with van der Waals surface area (Å²) in [7, 11) is 4.61. The number of rotatable bonds is 7. The number of aromatic hydroxyl groups is 1. The van der Waals surface area contributed by atoms with Crippen molar-refractivity contribution in [3.05, 3.63) is 47.1 Å². The van der Waals surface area contributed by atoms with Crippen LogP contribution >= 0.6 is 15.9 Å². The fourth-order valence-corrected chi connectivity index (χ4v) is 2.69. The molecule has 2 N–H and O–H groups in total. The Bertz CT molecular complexity index is 959. The van der Waals surface area contributed by atoms with Gasteiger partial charge in [-0.2, -0.15) is 4.98 Å². The minimum absolute atomic E-state index is 0.00662. The summed E-state index contributed by atoms with van der Waals surface area (Å²) >= 11 is 3.35. The number of phenolic OH excluding ortho intramolecular Hbond substituents is 1. The maximum Gasteiger partial charge on any atom is 0.238 e. The smallest absolute Gasteiger partial charge is 0.238 e. The zero-order valence-corrected chi connectivity index (χ0v) is 17.0. The maximum absolute atomic E-state index is 9.89. The van der Waals surface area contributed by atoms with Gasteiger partial charge >= 0.3 is 0 Å². The van der Waals surface area contributed by atoms with E-state index in [9.17, 15) is 5.11 Å². The van der Waals surface area contributed by atoms with Crippen molar-refractivity contribution in [1.82, 2.24) is 9.97 Å². The highest BCUT2D eigenvalue weighted by Crippen LogP contribution is 2.40. The summed E-state index contributed by atoms with van der Waals surface area (Å²) in [5.74, 6) is 2.28. The molecule has 0 aliphatic rings. The molecule has 0 aliphatic heterocycles. The van der Waals surface area contributed by atoms with Gasteiger partial charge in [-0.25, -0.2) is 4.98 Å². The van der Waals surface area contributed by atoms with Gasteiger partial charge in [0, 0.05) is 17.8 Å². The number of aromatic nitrogens is 2. The monoisotopic (exact) mass is 447 g/mol. The van der Waals surface area contributed by atoms with Gasteiger partial charge in [0.05, 0.1) is 32.0 Å². The van der Waals surface area contributed by atoms with Crippen molar-refractivity contribution < 1.29 is 24.1 Å². The molecule has 0 radical (unpaired) electrons. The molecular weight excluding hydrogens is 430 g/mol. The molecule has 0 aliphatic carbocycles. The van der Waals surface area contributed by atoms with Gasteiger partial charge in [-0.3, -0.25) is 0 Å². The lowest BCUT2D eigenvalue weighted by molar-refractivity contribution is 0.324. The van der Waals surface area contributed by atoms with Crippen LogP contribution in [0.1, 0.15) is 0 Å². The number of nitrogens with zero attached hydrogens (tertiary/aromatic N) is 2. The maximum atomic E-state index is 9.89. The van der Waals surface area contributed by atoms with Crippen LogP contribution in [0.2, 0.25) is 0 Å². The van der Waals surface area contributed by atoms with Gasteiger partial charge in [-0.1, -0.05) is 12.1 Å². The second kappa shape index (κ2) is 8.66. The van der Waals surface area contributed by atoms with E-state index < -0.39 is 0 Å². The first-order chi connectivity index (χ1) is 13.5. The van der Waals surface area contributed by atoms with E-state index in [-0.39, 0.29) is 23.3 Å². The lowest BCUT2D eigenvalue weighted by Crippen LogP contribution is -2.01. The molecule has 3 rings (SSSR count). The first kappa shape index (κ1) is 19.6. The lowest BCUT2D eigenvalue weighted by atomic mass is 10.2. The summed E-state index contributed by atoms with van der Waals surface area (Å²) in [6.45, 7) is 0. The van der Waals surface area contributed by atoms with E-state index in [0.29, 0.717) is 27.4 Å². The van der Waals surface area contributed by atoms with Crippen LogP contribution in [0.15, 0.2) is 47.1 Å². The van der Waals surface area contributed by atoms with Gasteiger partial charge in [0.25, 0.3) is 0 Å². The Morgan fingerprint density at radius 3 is 2.25 bits per heavy atom. The number of para-hydroxylation sites is 2. The molecule has 2 aromatic carbocycles. The van der Waals surface area contributed by atoms with Gasteiger partial charge < -0.3 is 29.4 Å². The number of methoxy groups -OCH3 is 3. The van der Waals surface area contributed by atoms with E-state index in [1.807, 2.05) is 0 Å². The molecule has 1 aromatic heterocycles. The van der Waals surface area contributed by atoms with Crippen LogP contribution < -0.4 is 24.3 Å². The Hall–Kier alpha value is -3.20. The van der Waals surface area contributed by atoms with Gasteiger partial charge in [0.1, 0.15) is 0 Å². The van der Waals surface area contributed by atoms with Crippen LogP contribution in [0.5, 0.6) is 34.6 Å². The quantitative estimate of drug-likeness (QED) is 0.546. The number of anilines is 2. The first-order valence-electron chi connectivity index (χ1n) is 8.11. The van der Waals surface area contributed by atoms with Crippen molar-refractivity contribution in [2.75, 3.05) is 26.6 Å². The van der Waals surface area contributed by atoms with E-state index in [1.54, 1.807) is 36.5 Å². The number of halogens is 1. The average Bonchev–Trinajstić information content (AvgIpc) is 2.71. The summed E-state index contributed by atoms with van der Waals surface area (Å²) < 4.78 is 22.2. The van der Waals surface area contributed by atoms with Crippen LogP contribution in [0.4, 0.5) is 11.6 Å². The highest BCUT2D eigenvalue weighted by Gasteiger charge is 2.15. The Kier molecular flexibility index (Phi) is 6.05. The second-order valence-corrected chi connectivity index (χ2v) is 6.31. The zero-order chi connectivity index (χ0) is 20.1. The first-order valence-corrected chi connectivity index (χ1v) is 8.90. The lowest BCUT2D eigenvalue weighted by Gasteiger charge is -2.15. The summed E-state index contributed by atoms with van der Waals surface area (Å²) in [5.41, 5.74) is 0.630. The molecule has 0 saturated carbocycles. The molecule has 0 atom stereocenters. The molecule has 0 saturated heterocycles. The van der Waals surface area contributed by atoms with Crippen LogP contribution in [0.3, 0.4) is 0 Å². The molecule has 0 unspecified atom stereocenters. The minimum Gasteiger partial charge on any atom is -0.504 e. The number of hydrogen-bond acceptors (Lipinski definition) is 8. The third-order valence-electron chi connectivity index (χ3n) is 3.70. The van der Waals surface area contributed by atoms with Gasteiger partial charge in [0.2, 0.25) is 17.6 Å². The fourth-order valence-electron chi connectivity index (χ4n) is 2.41. The molecule has 9 heteroatoms. The molecular formula is C19H18BrN3O5. The predicted molar refractivity (Wildman–Crippen MR) is 107 cm³/mol. The molecule has 1 heterocycles. The third-order valence-corrected chi connectivity index (χ3v) is 4.25. The van der Waals surface area contributed by atoms with Crippen molar-refractivity contribution >= 4 is 27.6 Å². The molecule has 28 heavy (non-hydrogen) atoms. The Morgan fingerprint density at radius 1 is 0.964 bits per heavy atom. The van der Waals surface area contributed by atoms with E-state index in [4.69, 9.17) is 18.9 Å². The zero-order valence-electron chi connectivity index (χ0n) is 15.4. The topological polar surface area (TPSA) is 95.0 Å². The van der Waals surface area contributed by atoms with E-state index in [0.717, 1.165) is 0 Å². The molecule has 0 fully saturated rings. The highest BCUT2D eigenvalue weighted by atomic mass is 79.9. The third kappa shape index (κ3) is 4.20. The van der Waals surface area contributed by atoms with Gasteiger partial charge in [-0.15, -0.1) is 0 Å². The van der Waals surface area contributed by atoms with Crippen LogP contribution in [0, 0.1) is 0 Å². The summed E-state index contributed by atoms with van der Waals surface area (Å²) in [6.07, 6.45) is 1.54. The average molecular weight is 448 g/mol. The number of benzene rings is 2. The second-order valence-electron chi connectivity index (χ2n) is 5.46. The number of phenols is 1. The van der Waals surface area contributed by atoms with Crippen LogP contribution in [0.25, 0.3) is 0 Å². The van der Waals surface area contributed by atoms with Crippen LogP contribution in [-0.4, -0.2) is 36.4 Å². The number of hydrogen-bond donors (Lipinski definition) is 2. The number of nitrogens with one attached hydrogen (secondary N) is 1. The molecule has 3 aromatic rings.